The van der Waals surface area contributed by atoms with Crippen LogP contribution in [0.5, 0.6) is 0 Å². The molecule has 1 aromatic rings. The van der Waals surface area contributed by atoms with Gasteiger partial charge >= 0.3 is 17.9 Å². The van der Waals surface area contributed by atoms with Crippen LogP contribution in [0, 0.1) is 12.3 Å². The lowest BCUT2D eigenvalue weighted by Crippen LogP contribution is -2.63. The Kier molecular flexibility index (Phi) is 12.5. The second-order valence-electron chi connectivity index (χ2n) is 11.0. The van der Waals surface area contributed by atoms with Gasteiger partial charge in [0.25, 0.3) is 10.1 Å². The van der Waals surface area contributed by atoms with Crippen molar-refractivity contribution in [3.05, 3.63) is 28.8 Å². The highest BCUT2D eigenvalue weighted by atomic mass is 32.2. The third kappa shape index (κ3) is 9.01. The third-order valence-electron chi connectivity index (χ3n) is 6.55. The number of terminal acetylenes is 1. The van der Waals surface area contributed by atoms with Crippen molar-refractivity contribution in [1.29, 1.82) is 0 Å². The van der Waals surface area contributed by atoms with Crippen LogP contribution < -0.4 is 0 Å². The first-order chi connectivity index (χ1) is 19.5. The van der Waals surface area contributed by atoms with Gasteiger partial charge in [0.1, 0.15) is 17.6 Å². The predicted octanol–water partition coefficient (Wildman–Crippen LogP) is 3.93. The molecule has 1 aliphatic rings. The van der Waals surface area contributed by atoms with E-state index >= 15 is 0 Å². The minimum atomic E-state index is -4.40. The van der Waals surface area contributed by atoms with Gasteiger partial charge in [-0.15, -0.1) is 6.42 Å². The lowest BCUT2D eigenvalue weighted by molar-refractivity contribution is -0.304. The average Bonchev–Trinajstić information content (AvgIpc) is 2.87. The molecule has 1 aliphatic heterocycles. The maximum atomic E-state index is 13.9. The number of hydrogen-bond donors (Lipinski definition) is 0. The monoisotopic (exact) mass is 610 g/mol. The zero-order chi connectivity index (χ0) is 31.9. The molecule has 1 unspecified atom stereocenters. The Morgan fingerprint density at radius 1 is 0.833 bits per heavy atom. The lowest BCUT2D eigenvalue weighted by atomic mass is 9.89. The summed E-state index contributed by atoms with van der Waals surface area (Å²) in [5.74, 6) is -0.191. The lowest BCUT2D eigenvalue weighted by Gasteiger charge is -2.43. The van der Waals surface area contributed by atoms with Gasteiger partial charge in [-0.05, 0) is 34.4 Å². The van der Waals surface area contributed by atoms with E-state index < -0.39 is 65.3 Å². The fraction of sp³-hybridized carbons (Fsp3) is 0.633. The molecule has 1 aromatic carbocycles. The number of ether oxygens (including phenoxy) is 5. The minimum Gasteiger partial charge on any atom is -0.456 e. The largest absolute Gasteiger partial charge is 0.456 e. The highest BCUT2D eigenvalue weighted by Gasteiger charge is 2.53. The van der Waals surface area contributed by atoms with E-state index in [1.165, 1.54) is 0 Å². The average molecular weight is 611 g/mol. The number of hydrogen-bond acceptors (Lipinski definition) is 11. The van der Waals surface area contributed by atoms with Crippen LogP contribution in [0.4, 0.5) is 0 Å². The van der Waals surface area contributed by atoms with Crippen molar-refractivity contribution in [3.8, 4) is 12.3 Å². The summed E-state index contributed by atoms with van der Waals surface area (Å²) >= 11 is 0. The molecule has 0 bridgehead atoms. The number of rotatable bonds is 12. The van der Waals surface area contributed by atoms with E-state index in [1.807, 2.05) is 53.7 Å². The van der Waals surface area contributed by atoms with Crippen LogP contribution >= 0.6 is 0 Å². The van der Waals surface area contributed by atoms with Crippen LogP contribution in [0.1, 0.15) is 96.8 Å². The molecule has 0 spiro atoms. The zero-order valence-electron chi connectivity index (χ0n) is 25.7. The molecule has 1 heterocycles. The molecule has 0 amide bonds. The smallest absolute Gasteiger partial charge is 0.303 e. The molecule has 2 rings (SSSR count). The summed E-state index contributed by atoms with van der Waals surface area (Å²) in [5.41, 5.74) is 2.21. The summed E-state index contributed by atoms with van der Waals surface area (Å²) in [7, 11) is -4.40. The van der Waals surface area contributed by atoms with Crippen molar-refractivity contribution in [3.63, 3.8) is 0 Å². The molecular formula is C30H42O11S. The summed E-state index contributed by atoms with van der Waals surface area (Å²) in [4.78, 5) is 36.1. The Labute approximate surface area is 248 Å². The van der Waals surface area contributed by atoms with Gasteiger partial charge in [0.2, 0.25) is 0 Å². The highest BCUT2D eigenvalue weighted by Crippen LogP contribution is 2.37. The predicted molar refractivity (Wildman–Crippen MR) is 152 cm³/mol. The van der Waals surface area contributed by atoms with Gasteiger partial charge in [-0.1, -0.05) is 59.6 Å². The molecule has 11 nitrogen and oxygen atoms in total. The van der Waals surface area contributed by atoms with Crippen molar-refractivity contribution in [2.75, 3.05) is 13.2 Å². The summed E-state index contributed by atoms with van der Waals surface area (Å²) in [6.45, 7) is 14.1. The Bertz CT molecular complexity index is 1250. The van der Waals surface area contributed by atoms with Crippen LogP contribution in [0.25, 0.3) is 0 Å². The summed E-state index contributed by atoms with van der Waals surface area (Å²) < 4.78 is 60.9. The SMILES string of the molecule is C#CCO[C@@H]1O[C@H](COS(=O)(=O)c2c(C(C)C)cc(C(C)C)cc2C(C)C)C(OC(C)=O)[C@H](OC(C)=O)[C@@H]1OC(C)=O. The maximum Gasteiger partial charge on any atom is 0.303 e. The molecule has 0 radical (unpaired) electrons. The van der Waals surface area contributed by atoms with Gasteiger partial charge in [-0.2, -0.15) is 8.42 Å². The number of carbonyl (C=O) groups is 3. The van der Waals surface area contributed by atoms with Gasteiger partial charge in [-0.3, -0.25) is 18.6 Å². The van der Waals surface area contributed by atoms with E-state index in [9.17, 15) is 22.8 Å². The fourth-order valence-electron chi connectivity index (χ4n) is 4.65. The molecule has 5 atom stereocenters. The van der Waals surface area contributed by atoms with Crippen LogP contribution in [0.15, 0.2) is 17.0 Å². The molecular weight excluding hydrogens is 568 g/mol. The van der Waals surface area contributed by atoms with Gasteiger partial charge in [0.15, 0.2) is 24.6 Å². The second-order valence-corrected chi connectivity index (χ2v) is 12.6. The van der Waals surface area contributed by atoms with Gasteiger partial charge < -0.3 is 23.7 Å². The molecule has 234 valence electrons. The normalized spacial score (nSPS) is 22.6. The summed E-state index contributed by atoms with van der Waals surface area (Å²) in [6.07, 6.45) is -1.64. The van der Waals surface area contributed by atoms with Gasteiger partial charge in [0, 0.05) is 20.8 Å². The van der Waals surface area contributed by atoms with E-state index in [0.29, 0.717) is 11.1 Å². The molecule has 12 heteroatoms. The number of benzene rings is 1. The minimum absolute atomic E-state index is 0.0613. The number of carbonyl (C=O) groups excluding carboxylic acids is 3. The van der Waals surface area contributed by atoms with Gasteiger partial charge in [-0.25, -0.2) is 0 Å². The topological polar surface area (TPSA) is 141 Å². The van der Waals surface area contributed by atoms with Gasteiger partial charge in [0.05, 0.1) is 6.61 Å². The first-order valence-corrected chi connectivity index (χ1v) is 15.2. The molecule has 0 N–H and O–H groups in total. The maximum absolute atomic E-state index is 13.9. The standard InChI is InChI=1S/C30H42O11S/c1-11-12-36-30-28(40-21(10)33)27(39-20(9)32)26(38-19(8)31)25(41-30)15-37-42(34,35)29-23(17(4)5)13-22(16(2)3)14-24(29)18(6)7/h1,13-14,16-18,25-28,30H,12,15H2,2-10H3/t25-,26?,27+,28+,30-/m1/s1. The van der Waals surface area contributed by atoms with Crippen molar-refractivity contribution >= 4 is 28.0 Å². The van der Waals surface area contributed by atoms with Crippen molar-refractivity contribution in [2.45, 2.75) is 116 Å². The van der Waals surface area contributed by atoms with E-state index in [0.717, 1.165) is 26.3 Å². The fourth-order valence-corrected chi connectivity index (χ4v) is 6.25. The Morgan fingerprint density at radius 2 is 1.31 bits per heavy atom. The van der Waals surface area contributed by atoms with E-state index in [-0.39, 0.29) is 29.3 Å². The number of esters is 3. The molecule has 0 aromatic heterocycles. The Hall–Kier alpha value is -2.98. The first kappa shape index (κ1) is 35.2. The first-order valence-electron chi connectivity index (χ1n) is 13.8. The molecule has 0 saturated carbocycles. The Balaban J connectivity index is 2.59. The second kappa shape index (κ2) is 15.0. The van der Waals surface area contributed by atoms with E-state index in [4.69, 9.17) is 34.3 Å². The molecule has 0 aliphatic carbocycles. The third-order valence-corrected chi connectivity index (χ3v) is 7.96. The highest BCUT2D eigenvalue weighted by molar-refractivity contribution is 7.86. The van der Waals surface area contributed by atoms with Crippen LogP contribution in [0.3, 0.4) is 0 Å². The molecule has 1 saturated heterocycles. The van der Waals surface area contributed by atoms with Crippen LogP contribution in [-0.4, -0.2) is 70.2 Å². The van der Waals surface area contributed by atoms with Crippen LogP contribution in [0.2, 0.25) is 0 Å². The molecule has 1 fully saturated rings. The summed E-state index contributed by atoms with van der Waals surface area (Å²) in [6, 6.07) is 3.75. The van der Waals surface area contributed by atoms with Crippen molar-refractivity contribution in [2.24, 2.45) is 0 Å². The van der Waals surface area contributed by atoms with E-state index in [2.05, 4.69) is 5.92 Å². The van der Waals surface area contributed by atoms with E-state index in [1.54, 1.807) is 0 Å². The zero-order valence-corrected chi connectivity index (χ0v) is 26.5. The quantitative estimate of drug-likeness (QED) is 0.147. The van der Waals surface area contributed by atoms with Crippen LogP contribution in [-0.2, 0) is 52.4 Å². The Morgan fingerprint density at radius 3 is 1.74 bits per heavy atom. The van der Waals surface area contributed by atoms with Crippen molar-refractivity contribution in [1.82, 2.24) is 0 Å². The van der Waals surface area contributed by atoms with Crippen molar-refractivity contribution < 1.29 is 50.7 Å². The molecule has 42 heavy (non-hydrogen) atoms. The summed E-state index contributed by atoms with van der Waals surface area (Å²) in [5, 5.41) is 0.